The van der Waals surface area contributed by atoms with E-state index in [-0.39, 0.29) is 24.0 Å². The molecule has 0 atom stereocenters. The summed E-state index contributed by atoms with van der Waals surface area (Å²) in [4.78, 5) is 0. The molecule has 2 heterocycles. The molecule has 17 heavy (non-hydrogen) atoms. The van der Waals surface area contributed by atoms with E-state index in [1.807, 2.05) is 65.2 Å². The minimum absolute atomic E-state index is 0. The fraction of sp³-hybridized carbons (Fsp3) is 0.0769. The lowest BCUT2D eigenvalue weighted by atomic mass is 10.3. The summed E-state index contributed by atoms with van der Waals surface area (Å²) in [6.07, 6.45) is 6.08. The Hall–Kier alpha value is -1.43. The molecular weight excluding hydrogens is 325 g/mol. The first-order valence-corrected chi connectivity index (χ1v) is 5.23. The number of hydrogen-bond acceptors (Lipinski definition) is 1. The minimum Gasteiger partial charge on any atom is -1.00 e. The molecule has 0 fully saturated rings. The van der Waals surface area contributed by atoms with Crippen molar-refractivity contribution in [2.24, 2.45) is 7.05 Å². The molecule has 4 heteroatoms. The standard InChI is InChI=1S/C13H12N3.HI/c1-15-8-6-12(7-9-15)16-10-11-4-2-3-5-13(11)14-16;/h2-10H,1H3;1H/q+1;/p-1. The molecule has 3 nitrogen and oxygen atoms in total. The van der Waals surface area contributed by atoms with Crippen LogP contribution in [0.15, 0.2) is 55.0 Å². The zero-order chi connectivity index (χ0) is 11.0. The first kappa shape index (κ1) is 12.0. The molecule has 1 aromatic carbocycles. The van der Waals surface area contributed by atoms with Crippen LogP contribution in [0.4, 0.5) is 0 Å². The van der Waals surface area contributed by atoms with Crippen molar-refractivity contribution in [3.05, 3.63) is 55.0 Å². The van der Waals surface area contributed by atoms with Gasteiger partial charge in [-0.05, 0) is 6.07 Å². The number of pyridine rings is 1. The van der Waals surface area contributed by atoms with E-state index >= 15 is 0 Å². The van der Waals surface area contributed by atoms with Gasteiger partial charge in [-0.1, -0.05) is 18.2 Å². The molecule has 0 saturated heterocycles. The molecule has 0 aliphatic heterocycles. The van der Waals surface area contributed by atoms with E-state index in [1.54, 1.807) is 0 Å². The largest absolute Gasteiger partial charge is 1.00 e. The van der Waals surface area contributed by atoms with Gasteiger partial charge in [-0.15, -0.1) is 0 Å². The second kappa shape index (κ2) is 4.83. The summed E-state index contributed by atoms with van der Waals surface area (Å²) in [5.74, 6) is 0. The van der Waals surface area contributed by atoms with Crippen LogP contribution in [0.2, 0.25) is 0 Å². The topological polar surface area (TPSA) is 21.7 Å². The van der Waals surface area contributed by atoms with E-state index in [0.717, 1.165) is 16.6 Å². The van der Waals surface area contributed by atoms with Crippen LogP contribution in [0.5, 0.6) is 0 Å². The first-order valence-electron chi connectivity index (χ1n) is 5.23. The lowest BCUT2D eigenvalue weighted by molar-refractivity contribution is -0.671. The van der Waals surface area contributed by atoms with Crippen LogP contribution < -0.4 is 28.5 Å². The number of aromatic nitrogens is 3. The summed E-state index contributed by atoms with van der Waals surface area (Å²) in [7, 11) is 2.00. The van der Waals surface area contributed by atoms with Crippen molar-refractivity contribution < 1.29 is 28.5 Å². The van der Waals surface area contributed by atoms with Gasteiger partial charge in [0, 0.05) is 23.7 Å². The fourth-order valence-corrected chi connectivity index (χ4v) is 1.74. The molecule has 0 N–H and O–H groups in total. The number of benzene rings is 1. The van der Waals surface area contributed by atoms with Gasteiger partial charge in [-0.3, -0.25) is 0 Å². The summed E-state index contributed by atoms with van der Waals surface area (Å²) < 4.78 is 3.91. The summed E-state index contributed by atoms with van der Waals surface area (Å²) in [5.41, 5.74) is 2.10. The highest BCUT2D eigenvalue weighted by Gasteiger charge is 2.02. The van der Waals surface area contributed by atoms with Gasteiger partial charge in [0.1, 0.15) is 7.05 Å². The number of nitrogens with zero attached hydrogens (tertiary/aromatic N) is 3. The Morgan fingerprint density at radius 1 is 1.06 bits per heavy atom. The summed E-state index contributed by atoms with van der Waals surface area (Å²) in [6.45, 7) is 0. The van der Waals surface area contributed by atoms with Crippen LogP contribution in [-0.2, 0) is 7.05 Å². The van der Waals surface area contributed by atoms with Crippen molar-refractivity contribution in [2.75, 3.05) is 0 Å². The second-order valence-electron chi connectivity index (χ2n) is 3.85. The van der Waals surface area contributed by atoms with Gasteiger partial charge in [-0.2, -0.15) is 5.10 Å². The Bertz CT molecular complexity index is 595. The van der Waals surface area contributed by atoms with Crippen LogP contribution in [0.1, 0.15) is 0 Å². The van der Waals surface area contributed by atoms with E-state index < -0.39 is 0 Å². The maximum atomic E-state index is 4.52. The molecule has 0 aliphatic rings. The van der Waals surface area contributed by atoms with E-state index in [0.29, 0.717) is 0 Å². The number of aryl methyl sites for hydroxylation is 1. The maximum absolute atomic E-state index is 4.52. The molecule has 3 rings (SSSR count). The lowest BCUT2D eigenvalue weighted by Gasteiger charge is -1.97. The number of hydrogen-bond donors (Lipinski definition) is 0. The third-order valence-electron chi connectivity index (χ3n) is 2.64. The third kappa shape index (κ3) is 2.31. The van der Waals surface area contributed by atoms with Crippen molar-refractivity contribution in [3.8, 4) is 5.69 Å². The van der Waals surface area contributed by atoms with Crippen LogP contribution in [0.25, 0.3) is 16.6 Å². The minimum atomic E-state index is 0. The summed E-state index contributed by atoms with van der Waals surface area (Å²) in [5, 5.41) is 5.68. The molecule has 2 aromatic heterocycles. The normalized spacial score (nSPS) is 10.2. The lowest BCUT2D eigenvalue weighted by Crippen LogP contribution is -3.00. The van der Waals surface area contributed by atoms with Gasteiger partial charge >= 0.3 is 0 Å². The predicted octanol–water partition coefficient (Wildman–Crippen LogP) is -1.15. The molecule has 0 spiro atoms. The van der Waals surface area contributed by atoms with E-state index in [2.05, 4.69) is 11.2 Å². The van der Waals surface area contributed by atoms with Crippen LogP contribution in [-0.4, -0.2) is 9.78 Å². The Morgan fingerprint density at radius 2 is 1.76 bits per heavy atom. The number of fused-ring (bicyclic) bond motifs is 1. The average molecular weight is 337 g/mol. The van der Waals surface area contributed by atoms with Crippen LogP contribution >= 0.6 is 0 Å². The first-order chi connectivity index (χ1) is 7.83. The van der Waals surface area contributed by atoms with E-state index in [9.17, 15) is 0 Å². The highest BCUT2D eigenvalue weighted by atomic mass is 127. The monoisotopic (exact) mass is 337 g/mol. The molecule has 0 amide bonds. The number of rotatable bonds is 1. The Balaban J connectivity index is 0.00000108. The van der Waals surface area contributed by atoms with Gasteiger partial charge in [-0.25, -0.2) is 9.25 Å². The highest BCUT2D eigenvalue weighted by molar-refractivity contribution is 5.78. The van der Waals surface area contributed by atoms with Crippen LogP contribution in [0, 0.1) is 0 Å². The van der Waals surface area contributed by atoms with E-state index in [4.69, 9.17) is 0 Å². The Kier molecular flexibility index (Phi) is 3.42. The average Bonchev–Trinajstić information content (AvgIpc) is 2.73. The van der Waals surface area contributed by atoms with Gasteiger partial charge in [0.2, 0.25) is 0 Å². The Morgan fingerprint density at radius 3 is 2.47 bits per heavy atom. The Labute approximate surface area is 117 Å². The fourth-order valence-electron chi connectivity index (χ4n) is 1.74. The van der Waals surface area contributed by atoms with Gasteiger partial charge in [0.25, 0.3) is 0 Å². The SMILES string of the molecule is C[n+]1ccc(-n2cc3ccccc3n2)cc1.[I-]. The molecule has 0 bridgehead atoms. The molecule has 0 aliphatic carbocycles. The predicted molar refractivity (Wildman–Crippen MR) is 62.2 cm³/mol. The van der Waals surface area contributed by atoms with Gasteiger partial charge in [0.05, 0.1) is 11.2 Å². The maximum Gasteiger partial charge on any atom is 0.170 e. The molecule has 3 aromatic rings. The molecular formula is C13H12IN3. The summed E-state index contributed by atoms with van der Waals surface area (Å²) >= 11 is 0. The quantitative estimate of drug-likeness (QED) is 0.406. The molecule has 0 radical (unpaired) electrons. The van der Waals surface area contributed by atoms with Crippen LogP contribution in [0.3, 0.4) is 0 Å². The van der Waals surface area contributed by atoms with Gasteiger partial charge in [0.15, 0.2) is 12.4 Å². The summed E-state index contributed by atoms with van der Waals surface area (Å²) in [6, 6.07) is 12.2. The highest BCUT2D eigenvalue weighted by Crippen LogP contribution is 2.14. The molecule has 0 saturated carbocycles. The zero-order valence-corrected chi connectivity index (χ0v) is 11.6. The molecule has 0 unspecified atom stereocenters. The van der Waals surface area contributed by atoms with Crippen molar-refractivity contribution in [3.63, 3.8) is 0 Å². The zero-order valence-electron chi connectivity index (χ0n) is 9.42. The van der Waals surface area contributed by atoms with Crippen molar-refractivity contribution >= 4 is 10.9 Å². The number of halogens is 1. The van der Waals surface area contributed by atoms with Crippen molar-refractivity contribution in [1.29, 1.82) is 0 Å². The van der Waals surface area contributed by atoms with Crippen molar-refractivity contribution in [2.45, 2.75) is 0 Å². The van der Waals surface area contributed by atoms with Crippen molar-refractivity contribution in [1.82, 2.24) is 9.78 Å². The van der Waals surface area contributed by atoms with E-state index in [1.165, 1.54) is 0 Å². The smallest absolute Gasteiger partial charge is 0.170 e. The third-order valence-corrected chi connectivity index (χ3v) is 2.64. The molecule has 86 valence electrons. The van der Waals surface area contributed by atoms with Gasteiger partial charge < -0.3 is 24.0 Å². The second-order valence-corrected chi connectivity index (χ2v) is 3.85.